The Bertz CT molecular complexity index is 311. The van der Waals surface area contributed by atoms with Gasteiger partial charge in [-0.25, -0.2) is 8.42 Å². The van der Waals surface area contributed by atoms with Gasteiger partial charge in [0.05, 0.1) is 16.9 Å². The van der Waals surface area contributed by atoms with E-state index in [2.05, 4.69) is 0 Å². The number of nitrogens with two attached hydrogens (primary N) is 1. The summed E-state index contributed by atoms with van der Waals surface area (Å²) >= 11 is 0. The third kappa shape index (κ3) is 5.46. The van der Waals surface area contributed by atoms with Crippen molar-refractivity contribution >= 4 is 15.8 Å². The van der Waals surface area contributed by atoms with Gasteiger partial charge in [0, 0.05) is 0 Å². The van der Waals surface area contributed by atoms with Crippen molar-refractivity contribution in [3.05, 3.63) is 0 Å². The molecule has 0 fully saturated rings. The smallest absolute Gasteiger partial charge is 0.306 e. The molecule has 1 unspecified atom stereocenters. The summed E-state index contributed by atoms with van der Waals surface area (Å²) in [5, 5.41) is 8.45. The first-order valence-electron chi connectivity index (χ1n) is 5.45. The Morgan fingerprint density at radius 1 is 1.31 bits per heavy atom. The predicted molar refractivity (Wildman–Crippen MR) is 63.0 cm³/mol. The fourth-order valence-electron chi connectivity index (χ4n) is 1.30. The van der Waals surface area contributed by atoms with Crippen molar-refractivity contribution in [1.29, 1.82) is 0 Å². The molecular formula is C10H21NO4S. The largest absolute Gasteiger partial charge is 0.481 e. The molecular weight excluding hydrogens is 230 g/mol. The second-order valence-electron chi connectivity index (χ2n) is 4.17. The highest BCUT2D eigenvalue weighted by atomic mass is 32.2. The Morgan fingerprint density at radius 3 is 2.25 bits per heavy atom. The van der Waals surface area contributed by atoms with Crippen LogP contribution in [-0.2, 0) is 14.6 Å². The van der Waals surface area contributed by atoms with Crippen LogP contribution in [0.4, 0.5) is 0 Å². The number of hydrogen-bond donors (Lipinski definition) is 2. The highest BCUT2D eigenvalue weighted by Crippen LogP contribution is 2.14. The van der Waals surface area contributed by atoms with Gasteiger partial charge >= 0.3 is 5.97 Å². The first-order chi connectivity index (χ1) is 7.31. The molecule has 0 aromatic rings. The van der Waals surface area contributed by atoms with Crippen LogP contribution in [0.2, 0.25) is 0 Å². The van der Waals surface area contributed by atoms with E-state index < -0.39 is 27.0 Å². The van der Waals surface area contributed by atoms with Crippen molar-refractivity contribution in [2.45, 2.75) is 38.4 Å². The van der Waals surface area contributed by atoms with Crippen molar-refractivity contribution < 1.29 is 18.3 Å². The van der Waals surface area contributed by atoms with Crippen molar-refractivity contribution in [3.8, 4) is 0 Å². The fraction of sp³-hybridized carbons (Fsp3) is 0.900. The summed E-state index contributed by atoms with van der Waals surface area (Å²) in [4.78, 5) is 10.9. The normalized spacial score (nSPS) is 14.0. The van der Waals surface area contributed by atoms with E-state index in [1.807, 2.05) is 0 Å². The summed E-state index contributed by atoms with van der Waals surface area (Å²) in [5.74, 6) is -1.60. The fourth-order valence-corrected chi connectivity index (χ4v) is 2.38. The molecule has 16 heavy (non-hydrogen) atoms. The Morgan fingerprint density at radius 2 is 1.88 bits per heavy atom. The van der Waals surface area contributed by atoms with E-state index >= 15 is 0 Å². The molecule has 0 saturated carbocycles. The second kappa shape index (κ2) is 6.85. The number of carboxylic acid groups (broad SMARTS) is 1. The lowest BCUT2D eigenvalue weighted by atomic mass is 10.0. The minimum absolute atomic E-state index is 0.0633. The molecule has 3 N–H and O–H groups in total. The molecule has 0 aliphatic heterocycles. The average Bonchev–Trinajstić information content (AvgIpc) is 2.16. The lowest BCUT2D eigenvalue weighted by Crippen LogP contribution is -2.23. The maximum absolute atomic E-state index is 11.5. The first-order valence-corrected chi connectivity index (χ1v) is 7.17. The minimum Gasteiger partial charge on any atom is -0.481 e. The number of sulfone groups is 1. The number of hydrogen-bond acceptors (Lipinski definition) is 4. The quantitative estimate of drug-likeness (QED) is 0.659. The molecule has 0 aliphatic carbocycles. The van der Waals surface area contributed by atoms with E-state index in [4.69, 9.17) is 10.8 Å². The van der Waals surface area contributed by atoms with Crippen LogP contribution in [0, 0.1) is 5.92 Å². The molecule has 5 nitrogen and oxygen atoms in total. The summed E-state index contributed by atoms with van der Waals surface area (Å²) in [6.07, 6.45) is 1.23. The lowest BCUT2D eigenvalue weighted by molar-refractivity contribution is -0.142. The molecule has 0 aliphatic rings. The Hall–Kier alpha value is -0.620. The van der Waals surface area contributed by atoms with E-state index in [1.165, 1.54) is 0 Å². The van der Waals surface area contributed by atoms with Gasteiger partial charge in [-0.05, 0) is 39.7 Å². The molecule has 6 heteroatoms. The number of aliphatic carboxylic acids is 1. The number of rotatable bonds is 8. The van der Waals surface area contributed by atoms with Crippen molar-refractivity contribution in [2.24, 2.45) is 11.7 Å². The van der Waals surface area contributed by atoms with Gasteiger partial charge in [-0.2, -0.15) is 0 Å². The van der Waals surface area contributed by atoms with Gasteiger partial charge in [0.15, 0.2) is 9.84 Å². The van der Waals surface area contributed by atoms with Crippen molar-refractivity contribution in [2.75, 3.05) is 12.3 Å². The molecule has 0 bridgehead atoms. The van der Waals surface area contributed by atoms with Gasteiger partial charge in [-0.15, -0.1) is 0 Å². The maximum Gasteiger partial charge on any atom is 0.306 e. The summed E-state index contributed by atoms with van der Waals surface area (Å²) in [6.45, 7) is 3.64. The van der Waals surface area contributed by atoms with E-state index in [9.17, 15) is 13.2 Å². The lowest BCUT2D eigenvalue weighted by Gasteiger charge is -2.13. The van der Waals surface area contributed by atoms with Crippen LogP contribution < -0.4 is 5.73 Å². The molecule has 1 atom stereocenters. The van der Waals surface area contributed by atoms with Gasteiger partial charge in [-0.3, -0.25) is 4.79 Å². The van der Waals surface area contributed by atoms with Crippen LogP contribution in [0.3, 0.4) is 0 Å². The second-order valence-corrected chi connectivity index (χ2v) is 6.85. The van der Waals surface area contributed by atoms with Crippen LogP contribution in [-0.4, -0.2) is 37.0 Å². The van der Waals surface area contributed by atoms with E-state index in [0.29, 0.717) is 19.4 Å². The SMILES string of the molecule is CC(C)S(=O)(=O)CCC(CCCN)C(=O)O. The zero-order chi connectivity index (χ0) is 12.8. The Kier molecular flexibility index (Phi) is 6.59. The predicted octanol–water partition coefficient (Wildman–Crippen LogP) is 0.639. The summed E-state index contributed by atoms with van der Waals surface area (Å²) in [6, 6.07) is 0. The highest BCUT2D eigenvalue weighted by molar-refractivity contribution is 7.91. The summed E-state index contributed by atoms with van der Waals surface area (Å²) in [7, 11) is -3.15. The number of carbonyl (C=O) groups is 1. The zero-order valence-electron chi connectivity index (χ0n) is 9.85. The van der Waals surface area contributed by atoms with Crippen LogP contribution >= 0.6 is 0 Å². The van der Waals surface area contributed by atoms with E-state index in [1.54, 1.807) is 13.8 Å². The third-order valence-corrected chi connectivity index (χ3v) is 4.82. The van der Waals surface area contributed by atoms with Gasteiger partial charge in [0.1, 0.15) is 0 Å². The zero-order valence-corrected chi connectivity index (χ0v) is 10.7. The average molecular weight is 251 g/mol. The molecule has 0 amide bonds. The third-order valence-electron chi connectivity index (χ3n) is 2.58. The number of carboxylic acids is 1. The minimum atomic E-state index is -3.15. The first kappa shape index (κ1) is 15.4. The van der Waals surface area contributed by atoms with Crippen LogP contribution in [0.1, 0.15) is 33.1 Å². The molecule has 0 rings (SSSR count). The molecule has 0 spiro atoms. The van der Waals surface area contributed by atoms with E-state index in [0.717, 1.165) is 0 Å². The van der Waals surface area contributed by atoms with Gasteiger partial charge in [-0.1, -0.05) is 0 Å². The molecule has 0 radical (unpaired) electrons. The topological polar surface area (TPSA) is 97.5 Å². The van der Waals surface area contributed by atoms with E-state index in [-0.39, 0.29) is 12.2 Å². The van der Waals surface area contributed by atoms with Gasteiger partial charge < -0.3 is 10.8 Å². The molecule has 0 aromatic heterocycles. The van der Waals surface area contributed by atoms with Gasteiger partial charge in [0.2, 0.25) is 0 Å². The van der Waals surface area contributed by atoms with Crippen molar-refractivity contribution in [1.82, 2.24) is 0 Å². The molecule has 0 heterocycles. The van der Waals surface area contributed by atoms with Crippen LogP contribution in [0.15, 0.2) is 0 Å². The maximum atomic E-state index is 11.5. The molecule has 0 aromatic carbocycles. The van der Waals surface area contributed by atoms with Gasteiger partial charge in [0.25, 0.3) is 0 Å². The molecule has 96 valence electrons. The van der Waals surface area contributed by atoms with Crippen LogP contribution in [0.25, 0.3) is 0 Å². The standard InChI is InChI=1S/C10H21NO4S/c1-8(2)16(14,15)7-5-9(10(12)13)4-3-6-11/h8-9H,3-7,11H2,1-2H3,(H,12,13). The Labute approximate surface area is 96.9 Å². The summed E-state index contributed by atoms with van der Waals surface area (Å²) in [5.41, 5.74) is 5.30. The monoisotopic (exact) mass is 251 g/mol. The Balaban J connectivity index is 4.27. The molecule has 0 saturated heterocycles. The van der Waals surface area contributed by atoms with Crippen molar-refractivity contribution in [3.63, 3.8) is 0 Å². The van der Waals surface area contributed by atoms with Crippen LogP contribution in [0.5, 0.6) is 0 Å². The summed E-state index contributed by atoms with van der Waals surface area (Å²) < 4.78 is 23.0. The highest BCUT2D eigenvalue weighted by Gasteiger charge is 2.22.